The molecule has 0 unspecified atom stereocenters. The van der Waals surface area contributed by atoms with E-state index in [2.05, 4.69) is 10.1 Å². The zero-order valence-electron chi connectivity index (χ0n) is 12.3. The van der Waals surface area contributed by atoms with Crippen molar-refractivity contribution < 1.29 is 14.3 Å². The Morgan fingerprint density at radius 3 is 2.68 bits per heavy atom. The monoisotopic (exact) mass is 303 g/mol. The smallest absolute Gasteiger partial charge is 0.409 e. The highest BCUT2D eigenvalue weighted by Crippen LogP contribution is 2.13. The molecule has 1 aliphatic rings. The summed E-state index contributed by atoms with van der Waals surface area (Å²) < 4.78 is 6.54. The van der Waals surface area contributed by atoms with Gasteiger partial charge in [0.25, 0.3) is 5.91 Å². The molecule has 116 valence electrons. The second-order valence-corrected chi connectivity index (χ2v) is 4.92. The van der Waals surface area contributed by atoms with Crippen molar-refractivity contribution in [1.82, 2.24) is 24.4 Å². The van der Waals surface area contributed by atoms with E-state index in [1.54, 1.807) is 39.7 Å². The van der Waals surface area contributed by atoms with Gasteiger partial charge in [0.1, 0.15) is 5.56 Å². The molecule has 0 N–H and O–H groups in total. The zero-order chi connectivity index (χ0) is 15.5. The lowest BCUT2D eigenvalue weighted by Gasteiger charge is -2.33. The minimum absolute atomic E-state index is 0.114. The van der Waals surface area contributed by atoms with E-state index in [4.69, 9.17) is 4.74 Å². The average Bonchev–Trinajstić information content (AvgIpc) is 2.98. The molecule has 0 spiro atoms. The first-order valence-electron chi connectivity index (χ1n) is 7.20. The molecule has 1 aliphatic heterocycles. The number of aromatic nitrogens is 3. The van der Waals surface area contributed by atoms with Gasteiger partial charge in [-0.1, -0.05) is 0 Å². The Labute approximate surface area is 127 Å². The van der Waals surface area contributed by atoms with Gasteiger partial charge in [0.2, 0.25) is 0 Å². The van der Waals surface area contributed by atoms with Crippen LogP contribution in [0.15, 0.2) is 24.7 Å². The van der Waals surface area contributed by atoms with Gasteiger partial charge in [-0.2, -0.15) is 5.10 Å². The van der Waals surface area contributed by atoms with Crippen molar-refractivity contribution in [2.45, 2.75) is 6.92 Å². The third-order valence-electron chi connectivity index (χ3n) is 3.60. The molecule has 0 saturated carbocycles. The molecular formula is C14H17N5O3. The van der Waals surface area contributed by atoms with Crippen LogP contribution < -0.4 is 0 Å². The minimum Gasteiger partial charge on any atom is -0.450 e. The lowest BCUT2D eigenvalue weighted by molar-refractivity contribution is 0.0571. The molecule has 2 amide bonds. The van der Waals surface area contributed by atoms with Gasteiger partial charge in [0.05, 0.1) is 12.8 Å². The summed E-state index contributed by atoms with van der Waals surface area (Å²) in [5.74, 6) is -0.114. The number of hydrogen-bond donors (Lipinski definition) is 0. The van der Waals surface area contributed by atoms with Gasteiger partial charge in [0.15, 0.2) is 5.65 Å². The zero-order valence-corrected chi connectivity index (χ0v) is 12.3. The quantitative estimate of drug-likeness (QED) is 0.813. The molecular weight excluding hydrogens is 286 g/mol. The Hall–Kier alpha value is -2.64. The number of fused-ring (bicyclic) bond motifs is 1. The second kappa shape index (κ2) is 6.00. The van der Waals surface area contributed by atoms with E-state index >= 15 is 0 Å². The van der Waals surface area contributed by atoms with Crippen LogP contribution in [0.4, 0.5) is 4.79 Å². The van der Waals surface area contributed by atoms with Crippen LogP contribution in [-0.2, 0) is 4.74 Å². The van der Waals surface area contributed by atoms with Crippen LogP contribution in [0.3, 0.4) is 0 Å². The highest BCUT2D eigenvalue weighted by molar-refractivity contribution is 5.99. The average molecular weight is 303 g/mol. The van der Waals surface area contributed by atoms with Crippen molar-refractivity contribution >= 4 is 17.6 Å². The summed E-state index contributed by atoms with van der Waals surface area (Å²) >= 11 is 0. The van der Waals surface area contributed by atoms with Gasteiger partial charge in [0, 0.05) is 38.6 Å². The standard InChI is InChI=1S/C14H17N5O3/c1-2-22-14(21)18-8-6-17(7-9-18)13(20)11-10-16-19-5-3-4-15-12(11)19/h3-5,10H,2,6-9H2,1H3. The van der Waals surface area contributed by atoms with Crippen molar-refractivity contribution in [2.24, 2.45) is 0 Å². The predicted octanol–water partition coefficient (Wildman–Crippen LogP) is 0.644. The van der Waals surface area contributed by atoms with E-state index in [-0.39, 0.29) is 12.0 Å². The highest BCUT2D eigenvalue weighted by Gasteiger charge is 2.27. The molecule has 2 aromatic rings. The molecule has 22 heavy (non-hydrogen) atoms. The first-order chi connectivity index (χ1) is 10.7. The number of amides is 2. The van der Waals surface area contributed by atoms with E-state index in [1.807, 2.05) is 0 Å². The molecule has 2 aromatic heterocycles. The maximum atomic E-state index is 12.6. The number of carbonyl (C=O) groups is 2. The molecule has 8 nitrogen and oxygen atoms in total. The Bertz CT molecular complexity index is 691. The van der Waals surface area contributed by atoms with E-state index in [9.17, 15) is 9.59 Å². The fraction of sp³-hybridized carbons (Fsp3) is 0.429. The molecule has 3 rings (SSSR count). The second-order valence-electron chi connectivity index (χ2n) is 4.92. The molecule has 3 heterocycles. The topological polar surface area (TPSA) is 80.0 Å². The molecule has 0 aromatic carbocycles. The van der Waals surface area contributed by atoms with E-state index in [0.29, 0.717) is 44.0 Å². The van der Waals surface area contributed by atoms with Crippen LogP contribution in [-0.4, -0.2) is 69.2 Å². The summed E-state index contributed by atoms with van der Waals surface area (Å²) in [6.45, 7) is 4.01. The number of piperazine rings is 1. The molecule has 0 bridgehead atoms. The van der Waals surface area contributed by atoms with Crippen LogP contribution in [0.2, 0.25) is 0 Å². The number of hydrogen-bond acceptors (Lipinski definition) is 5. The Kier molecular flexibility index (Phi) is 3.90. The summed E-state index contributed by atoms with van der Waals surface area (Å²) in [7, 11) is 0. The fourth-order valence-corrected chi connectivity index (χ4v) is 2.46. The van der Waals surface area contributed by atoms with Crippen LogP contribution in [0.5, 0.6) is 0 Å². The molecule has 1 fully saturated rings. The summed E-state index contributed by atoms with van der Waals surface area (Å²) in [5, 5.41) is 4.12. The Balaban J connectivity index is 1.69. The summed E-state index contributed by atoms with van der Waals surface area (Å²) in [5.41, 5.74) is 1.02. The van der Waals surface area contributed by atoms with Crippen LogP contribution in [0, 0.1) is 0 Å². The van der Waals surface area contributed by atoms with E-state index in [1.165, 1.54) is 6.20 Å². The third-order valence-corrected chi connectivity index (χ3v) is 3.60. The van der Waals surface area contributed by atoms with Gasteiger partial charge >= 0.3 is 6.09 Å². The van der Waals surface area contributed by atoms with Gasteiger partial charge in [-0.05, 0) is 13.0 Å². The fourth-order valence-electron chi connectivity index (χ4n) is 2.46. The van der Waals surface area contributed by atoms with Crippen molar-refractivity contribution in [1.29, 1.82) is 0 Å². The first-order valence-corrected chi connectivity index (χ1v) is 7.20. The molecule has 0 radical (unpaired) electrons. The first kappa shape index (κ1) is 14.3. The molecule has 1 saturated heterocycles. The molecule has 0 atom stereocenters. The third kappa shape index (κ3) is 2.59. The number of carbonyl (C=O) groups excluding carboxylic acids is 2. The Morgan fingerprint density at radius 2 is 1.95 bits per heavy atom. The van der Waals surface area contributed by atoms with Crippen molar-refractivity contribution in [3.8, 4) is 0 Å². The van der Waals surface area contributed by atoms with Crippen molar-refractivity contribution in [3.63, 3.8) is 0 Å². The van der Waals surface area contributed by atoms with E-state index < -0.39 is 0 Å². The lowest BCUT2D eigenvalue weighted by atomic mass is 10.2. The minimum atomic E-state index is -0.327. The maximum Gasteiger partial charge on any atom is 0.409 e. The largest absolute Gasteiger partial charge is 0.450 e. The number of ether oxygens (including phenoxy) is 1. The van der Waals surface area contributed by atoms with Gasteiger partial charge in [-0.25, -0.2) is 14.3 Å². The van der Waals surface area contributed by atoms with Crippen LogP contribution >= 0.6 is 0 Å². The van der Waals surface area contributed by atoms with E-state index in [0.717, 1.165) is 0 Å². The van der Waals surface area contributed by atoms with Crippen molar-refractivity contribution in [2.75, 3.05) is 32.8 Å². The normalized spacial score (nSPS) is 15.1. The number of nitrogens with zero attached hydrogens (tertiary/aromatic N) is 5. The maximum absolute atomic E-state index is 12.6. The van der Waals surface area contributed by atoms with Crippen LogP contribution in [0.25, 0.3) is 5.65 Å². The molecule has 0 aliphatic carbocycles. The van der Waals surface area contributed by atoms with Gasteiger partial charge in [-0.3, -0.25) is 4.79 Å². The Morgan fingerprint density at radius 1 is 1.23 bits per heavy atom. The molecule has 8 heteroatoms. The van der Waals surface area contributed by atoms with Gasteiger partial charge < -0.3 is 14.5 Å². The summed E-state index contributed by atoms with van der Waals surface area (Å²) in [4.78, 5) is 31.7. The lowest BCUT2D eigenvalue weighted by Crippen LogP contribution is -2.50. The SMILES string of the molecule is CCOC(=O)N1CCN(C(=O)c2cnn3cccnc23)CC1. The van der Waals surface area contributed by atoms with Gasteiger partial charge in [-0.15, -0.1) is 0 Å². The van der Waals surface area contributed by atoms with Crippen molar-refractivity contribution in [3.05, 3.63) is 30.2 Å². The summed E-state index contributed by atoms with van der Waals surface area (Å²) in [6.07, 6.45) is 4.58. The highest BCUT2D eigenvalue weighted by atomic mass is 16.6. The number of rotatable bonds is 2. The summed E-state index contributed by atoms with van der Waals surface area (Å²) in [6, 6.07) is 1.76. The predicted molar refractivity (Wildman–Crippen MR) is 77.5 cm³/mol. The van der Waals surface area contributed by atoms with Crippen LogP contribution in [0.1, 0.15) is 17.3 Å².